The Balaban J connectivity index is 2.27. The molecule has 0 spiro atoms. The summed E-state index contributed by atoms with van der Waals surface area (Å²) in [7, 11) is 0. The Hall–Kier alpha value is -0.530. The third-order valence-corrected chi connectivity index (χ3v) is 2.28. The highest BCUT2D eigenvalue weighted by atomic mass is 16.5. The molecule has 2 heteroatoms. The van der Waals surface area contributed by atoms with Gasteiger partial charge in [0.2, 0.25) is 0 Å². The second-order valence-corrected chi connectivity index (χ2v) is 3.13. The van der Waals surface area contributed by atoms with Crippen LogP contribution in [0.4, 0.5) is 0 Å². The van der Waals surface area contributed by atoms with Crippen molar-refractivity contribution in [2.75, 3.05) is 6.61 Å². The van der Waals surface area contributed by atoms with E-state index in [9.17, 15) is 0 Å². The van der Waals surface area contributed by atoms with Crippen LogP contribution in [0.25, 0.3) is 0 Å². The van der Waals surface area contributed by atoms with Gasteiger partial charge >= 0.3 is 0 Å². The third-order valence-electron chi connectivity index (χ3n) is 2.28. The average Bonchev–Trinajstić information content (AvgIpc) is 2.07. The van der Waals surface area contributed by atoms with Crippen molar-refractivity contribution in [3.63, 3.8) is 0 Å². The lowest BCUT2D eigenvalue weighted by atomic mass is 9.89. The minimum absolute atomic E-state index is 0.434. The zero-order chi connectivity index (χ0) is 8.10. The third kappa shape index (κ3) is 2.52. The van der Waals surface area contributed by atoms with Gasteiger partial charge in [-0.25, -0.2) is 0 Å². The molecule has 0 aromatic heterocycles. The van der Waals surface area contributed by atoms with Crippen molar-refractivity contribution in [1.29, 1.82) is 5.41 Å². The molecule has 0 radical (unpaired) electrons. The van der Waals surface area contributed by atoms with Crippen LogP contribution in [-0.2, 0) is 4.74 Å². The predicted octanol–water partition coefficient (Wildman–Crippen LogP) is 2.58. The fourth-order valence-corrected chi connectivity index (χ4v) is 1.64. The van der Waals surface area contributed by atoms with E-state index in [1.165, 1.54) is 32.1 Å². The standard InChI is InChI=1S/C9H17NO/c1-2-11-9(10)8-6-4-3-5-7-8/h8,10H,2-7H2,1H3. The van der Waals surface area contributed by atoms with E-state index >= 15 is 0 Å². The van der Waals surface area contributed by atoms with Crippen LogP contribution in [0.1, 0.15) is 39.0 Å². The molecule has 64 valence electrons. The van der Waals surface area contributed by atoms with Gasteiger partial charge < -0.3 is 4.74 Å². The van der Waals surface area contributed by atoms with Crippen molar-refractivity contribution in [3.05, 3.63) is 0 Å². The van der Waals surface area contributed by atoms with Gasteiger partial charge in [0.15, 0.2) is 5.90 Å². The molecule has 1 aliphatic carbocycles. The highest BCUT2D eigenvalue weighted by molar-refractivity contribution is 5.75. The lowest BCUT2D eigenvalue weighted by Crippen LogP contribution is -2.19. The van der Waals surface area contributed by atoms with E-state index < -0.39 is 0 Å². The molecule has 1 saturated carbocycles. The van der Waals surface area contributed by atoms with Crippen LogP contribution in [0.2, 0.25) is 0 Å². The van der Waals surface area contributed by atoms with Crippen LogP contribution in [0, 0.1) is 11.3 Å². The summed E-state index contributed by atoms with van der Waals surface area (Å²) in [5, 5.41) is 7.56. The summed E-state index contributed by atoms with van der Waals surface area (Å²) in [5.74, 6) is 0.955. The topological polar surface area (TPSA) is 33.1 Å². The van der Waals surface area contributed by atoms with E-state index in [1.54, 1.807) is 0 Å². The molecule has 2 nitrogen and oxygen atoms in total. The van der Waals surface area contributed by atoms with Crippen LogP contribution in [-0.4, -0.2) is 12.5 Å². The van der Waals surface area contributed by atoms with Gasteiger partial charge in [0.25, 0.3) is 0 Å². The summed E-state index contributed by atoms with van der Waals surface area (Å²) in [6.07, 6.45) is 6.23. The molecule has 0 aromatic rings. The van der Waals surface area contributed by atoms with Crippen molar-refractivity contribution in [3.8, 4) is 0 Å². The molecule has 0 heterocycles. The molecule has 1 aliphatic rings. The Morgan fingerprint density at radius 2 is 2.00 bits per heavy atom. The molecule has 0 amide bonds. The first-order valence-electron chi connectivity index (χ1n) is 4.56. The van der Waals surface area contributed by atoms with Gasteiger partial charge in [0.05, 0.1) is 6.61 Å². The van der Waals surface area contributed by atoms with Crippen molar-refractivity contribution in [2.45, 2.75) is 39.0 Å². The maximum absolute atomic E-state index is 7.56. The van der Waals surface area contributed by atoms with Crippen LogP contribution in [0.3, 0.4) is 0 Å². The van der Waals surface area contributed by atoms with Gasteiger partial charge in [-0.2, -0.15) is 0 Å². The summed E-state index contributed by atoms with van der Waals surface area (Å²) in [5.41, 5.74) is 0. The molecule has 1 N–H and O–H groups in total. The Morgan fingerprint density at radius 3 is 2.55 bits per heavy atom. The fraction of sp³-hybridized carbons (Fsp3) is 0.889. The highest BCUT2D eigenvalue weighted by Crippen LogP contribution is 2.24. The summed E-state index contributed by atoms with van der Waals surface area (Å²) in [6, 6.07) is 0. The summed E-state index contributed by atoms with van der Waals surface area (Å²) < 4.78 is 5.16. The monoisotopic (exact) mass is 155 g/mol. The number of hydrogen-bond acceptors (Lipinski definition) is 2. The first-order valence-corrected chi connectivity index (χ1v) is 4.56. The molecule has 1 fully saturated rings. The zero-order valence-corrected chi connectivity index (χ0v) is 7.23. The van der Waals surface area contributed by atoms with Gasteiger partial charge in [-0.15, -0.1) is 0 Å². The molecule has 1 rings (SSSR count). The van der Waals surface area contributed by atoms with Crippen LogP contribution >= 0.6 is 0 Å². The Morgan fingerprint density at radius 1 is 1.36 bits per heavy atom. The second-order valence-electron chi connectivity index (χ2n) is 3.13. The quantitative estimate of drug-likeness (QED) is 0.482. The smallest absolute Gasteiger partial charge is 0.183 e. The van der Waals surface area contributed by atoms with Gasteiger partial charge in [0, 0.05) is 5.92 Å². The molecule has 0 aliphatic heterocycles. The molecule has 11 heavy (non-hydrogen) atoms. The van der Waals surface area contributed by atoms with E-state index in [4.69, 9.17) is 10.1 Å². The van der Waals surface area contributed by atoms with E-state index in [0.29, 0.717) is 18.4 Å². The molecule has 0 aromatic carbocycles. The normalized spacial score (nSPS) is 19.7. The number of nitrogens with one attached hydrogen (secondary N) is 1. The average molecular weight is 155 g/mol. The summed E-state index contributed by atoms with van der Waals surface area (Å²) in [6.45, 7) is 2.59. The van der Waals surface area contributed by atoms with E-state index in [0.717, 1.165) is 0 Å². The van der Waals surface area contributed by atoms with Crippen molar-refractivity contribution in [1.82, 2.24) is 0 Å². The molecular formula is C9H17NO. The number of rotatable bonds is 2. The second kappa shape index (κ2) is 4.37. The van der Waals surface area contributed by atoms with Crippen molar-refractivity contribution >= 4 is 5.90 Å². The fourth-order valence-electron chi connectivity index (χ4n) is 1.64. The SMILES string of the molecule is CCOC(=N)C1CCCCC1. The minimum Gasteiger partial charge on any atom is -0.481 e. The largest absolute Gasteiger partial charge is 0.481 e. The Kier molecular flexibility index (Phi) is 3.40. The Labute approximate surface area is 68.5 Å². The maximum atomic E-state index is 7.56. The van der Waals surface area contributed by atoms with Gasteiger partial charge in [0.1, 0.15) is 0 Å². The summed E-state index contributed by atoms with van der Waals surface area (Å²) in [4.78, 5) is 0. The first-order chi connectivity index (χ1) is 5.34. The lowest BCUT2D eigenvalue weighted by molar-refractivity contribution is 0.276. The van der Waals surface area contributed by atoms with E-state index in [2.05, 4.69) is 0 Å². The van der Waals surface area contributed by atoms with Gasteiger partial charge in [-0.1, -0.05) is 19.3 Å². The minimum atomic E-state index is 0.434. The Bertz CT molecular complexity index is 128. The highest BCUT2D eigenvalue weighted by Gasteiger charge is 2.18. The van der Waals surface area contributed by atoms with E-state index in [-0.39, 0.29) is 0 Å². The first kappa shape index (κ1) is 8.57. The number of ether oxygens (including phenoxy) is 1. The molecule has 0 unspecified atom stereocenters. The van der Waals surface area contributed by atoms with Crippen molar-refractivity contribution in [2.24, 2.45) is 5.92 Å². The zero-order valence-electron chi connectivity index (χ0n) is 7.23. The van der Waals surface area contributed by atoms with Crippen LogP contribution in [0.5, 0.6) is 0 Å². The number of hydrogen-bond donors (Lipinski definition) is 1. The lowest BCUT2D eigenvalue weighted by Gasteiger charge is -2.21. The molecular weight excluding hydrogens is 138 g/mol. The van der Waals surface area contributed by atoms with E-state index in [1.807, 2.05) is 6.92 Å². The van der Waals surface area contributed by atoms with Crippen LogP contribution < -0.4 is 0 Å². The molecule has 0 bridgehead atoms. The van der Waals surface area contributed by atoms with Gasteiger partial charge in [-0.05, 0) is 19.8 Å². The maximum Gasteiger partial charge on any atom is 0.183 e. The summed E-state index contributed by atoms with van der Waals surface area (Å²) >= 11 is 0. The predicted molar refractivity (Wildman–Crippen MR) is 45.9 cm³/mol. The molecule has 0 atom stereocenters. The van der Waals surface area contributed by atoms with Crippen molar-refractivity contribution < 1.29 is 4.74 Å². The van der Waals surface area contributed by atoms with Gasteiger partial charge in [-0.3, -0.25) is 5.41 Å². The molecule has 0 saturated heterocycles. The van der Waals surface area contributed by atoms with Crippen LogP contribution in [0.15, 0.2) is 0 Å².